The van der Waals surface area contributed by atoms with Crippen molar-refractivity contribution in [1.29, 1.82) is 0 Å². The summed E-state index contributed by atoms with van der Waals surface area (Å²) < 4.78 is 0. The third kappa shape index (κ3) is 5.60. The van der Waals surface area contributed by atoms with Gasteiger partial charge in [-0.3, -0.25) is 14.4 Å². The number of nitrogens with zero attached hydrogens (tertiary/aromatic N) is 3. The molecule has 6 rings (SSSR count). The molecule has 0 spiro atoms. The molecule has 0 bridgehead atoms. The molecular formula is C34H36N6O3. The molecule has 1 aliphatic carbocycles. The maximum absolute atomic E-state index is 13.9. The topological polar surface area (TPSA) is 116 Å². The summed E-state index contributed by atoms with van der Waals surface area (Å²) in [5, 5.41) is 9.64. The Morgan fingerprint density at radius 2 is 1.60 bits per heavy atom. The van der Waals surface area contributed by atoms with Crippen LogP contribution >= 0.6 is 0 Å². The number of carbonyl (C=O) groups excluding carboxylic acids is 3. The first-order valence-electron chi connectivity index (χ1n) is 14.8. The van der Waals surface area contributed by atoms with Gasteiger partial charge in [-0.1, -0.05) is 55.5 Å². The van der Waals surface area contributed by atoms with Crippen LogP contribution in [0.2, 0.25) is 0 Å². The minimum atomic E-state index is -1.25. The molecule has 4 heterocycles. The maximum Gasteiger partial charge on any atom is 0.271 e. The molecule has 0 saturated carbocycles. The minimum absolute atomic E-state index is 0.0193. The molecule has 3 amide bonds. The van der Waals surface area contributed by atoms with Crippen LogP contribution in [-0.2, 0) is 30.7 Å². The second-order valence-electron chi connectivity index (χ2n) is 11.5. The molecule has 2 aliphatic heterocycles. The van der Waals surface area contributed by atoms with Crippen molar-refractivity contribution in [2.24, 2.45) is 5.92 Å². The second-order valence-corrected chi connectivity index (χ2v) is 11.5. The van der Waals surface area contributed by atoms with Crippen molar-refractivity contribution in [3.8, 4) is 0 Å². The molecule has 0 fully saturated rings. The Balaban J connectivity index is 1.32. The highest BCUT2D eigenvalue weighted by atomic mass is 16.2. The van der Waals surface area contributed by atoms with Crippen LogP contribution in [0, 0.1) is 12.8 Å². The molecule has 3 N–H and O–H groups in total. The van der Waals surface area contributed by atoms with E-state index < -0.39 is 11.6 Å². The molecule has 9 nitrogen and oxygen atoms in total. The molecule has 220 valence electrons. The highest BCUT2D eigenvalue weighted by Crippen LogP contribution is 2.36. The molecule has 3 aromatic rings. The summed E-state index contributed by atoms with van der Waals surface area (Å²) in [4.78, 5) is 50.7. The lowest BCUT2D eigenvalue weighted by Crippen LogP contribution is -2.64. The number of hydrogen-bond donors (Lipinski definition) is 3. The van der Waals surface area contributed by atoms with Crippen molar-refractivity contribution in [1.82, 2.24) is 30.8 Å². The fourth-order valence-electron chi connectivity index (χ4n) is 6.17. The van der Waals surface area contributed by atoms with Crippen molar-refractivity contribution in [2.75, 3.05) is 13.1 Å². The summed E-state index contributed by atoms with van der Waals surface area (Å²) >= 11 is 0. The van der Waals surface area contributed by atoms with Gasteiger partial charge in [-0.15, -0.1) is 0 Å². The van der Waals surface area contributed by atoms with Crippen LogP contribution in [0.5, 0.6) is 0 Å². The number of aryl methyl sites for hydroxylation is 1. The van der Waals surface area contributed by atoms with Crippen molar-refractivity contribution < 1.29 is 14.4 Å². The number of pyridine rings is 2. The van der Waals surface area contributed by atoms with Crippen LogP contribution in [0.4, 0.5) is 0 Å². The van der Waals surface area contributed by atoms with E-state index in [1.165, 1.54) is 0 Å². The third-order valence-corrected chi connectivity index (χ3v) is 8.76. The SMILES string of the molecule is CC(=O)N1CCc2nc(C(=O)NC3(NC(=O)c4ccc5c(n4)CCNC5)C=CC=C(c4ccccc4C)C3C)ccc2C1. The van der Waals surface area contributed by atoms with Crippen LogP contribution < -0.4 is 16.0 Å². The average Bonchev–Trinajstić information content (AvgIpc) is 3.02. The Kier molecular flexibility index (Phi) is 7.66. The van der Waals surface area contributed by atoms with Crippen LogP contribution in [0.3, 0.4) is 0 Å². The molecule has 2 unspecified atom stereocenters. The zero-order valence-corrected chi connectivity index (χ0v) is 24.7. The molecule has 43 heavy (non-hydrogen) atoms. The van der Waals surface area contributed by atoms with Crippen molar-refractivity contribution >= 4 is 23.3 Å². The summed E-state index contributed by atoms with van der Waals surface area (Å²) in [6.45, 7) is 8.21. The van der Waals surface area contributed by atoms with Gasteiger partial charge in [0.1, 0.15) is 17.1 Å². The summed E-state index contributed by atoms with van der Waals surface area (Å²) in [6.07, 6.45) is 7.08. The Labute approximate surface area is 251 Å². The van der Waals surface area contributed by atoms with E-state index in [1.54, 1.807) is 24.0 Å². The Morgan fingerprint density at radius 3 is 2.30 bits per heavy atom. The number of benzene rings is 1. The normalized spacial score (nSPS) is 20.9. The Bertz CT molecular complexity index is 1680. The molecule has 2 aromatic heterocycles. The number of hydrogen-bond acceptors (Lipinski definition) is 6. The van der Waals surface area contributed by atoms with E-state index in [0.717, 1.165) is 58.7 Å². The van der Waals surface area contributed by atoms with E-state index in [0.29, 0.717) is 25.2 Å². The lowest BCUT2D eigenvalue weighted by atomic mass is 9.78. The maximum atomic E-state index is 13.9. The number of amides is 3. The van der Waals surface area contributed by atoms with Crippen LogP contribution in [0.15, 0.2) is 66.8 Å². The number of allylic oxidation sites excluding steroid dienone is 2. The number of fused-ring (bicyclic) bond motifs is 2. The number of carbonyl (C=O) groups is 3. The lowest BCUT2D eigenvalue weighted by molar-refractivity contribution is -0.129. The molecule has 3 aliphatic rings. The number of aromatic nitrogens is 2. The van der Waals surface area contributed by atoms with E-state index in [-0.39, 0.29) is 23.4 Å². The Morgan fingerprint density at radius 1 is 0.930 bits per heavy atom. The van der Waals surface area contributed by atoms with Gasteiger partial charge in [0.05, 0.1) is 0 Å². The molecule has 1 aromatic carbocycles. The third-order valence-electron chi connectivity index (χ3n) is 8.76. The summed E-state index contributed by atoms with van der Waals surface area (Å²) in [7, 11) is 0. The first-order chi connectivity index (χ1) is 20.7. The summed E-state index contributed by atoms with van der Waals surface area (Å²) in [5.74, 6) is -1.07. The fraction of sp³-hybridized carbons (Fsp3) is 0.324. The molecular weight excluding hydrogens is 540 g/mol. The second kappa shape index (κ2) is 11.6. The zero-order valence-electron chi connectivity index (χ0n) is 24.7. The number of rotatable bonds is 5. The average molecular weight is 577 g/mol. The van der Waals surface area contributed by atoms with E-state index in [4.69, 9.17) is 0 Å². The highest BCUT2D eigenvalue weighted by molar-refractivity contribution is 5.97. The monoisotopic (exact) mass is 576 g/mol. The largest absolute Gasteiger partial charge is 0.338 e. The molecule has 9 heteroatoms. The van der Waals surface area contributed by atoms with Gasteiger partial charge in [-0.2, -0.15) is 0 Å². The van der Waals surface area contributed by atoms with E-state index >= 15 is 0 Å². The van der Waals surface area contributed by atoms with Crippen LogP contribution in [-0.4, -0.2) is 51.3 Å². The summed E-state index contributed by atoms with van der Waals surface area (Å²) in [5.41, 5.74) is 6.21. The quantitative estimate of drug-likeness (QED) is 0.401. The van der Waals surface area contributed by atoms with Gasteiger partial charge in [0.15, 0.2) is 0 Å². The van der Waals surface area contributed by atoms with E-state index in [1.807, 2.05) is 49.4 Å². The van der Waals surface area contributed by atoms with E-state index in [2.05, 4.69) is 45.0 Å². The standard InChI is InChI=1S/C34H36N6O3/c1-21-7-4-5-8-26(21)27-9-6-16-34(22(27)2,38-32(42)30-12-10-24-19-35-17-14-28(24)36-30)39-33(43)31-13-11-25-20-40(23(3)41)18-15-29(25)37-31/h4-13,16,22,35H,14-15,17-20H2,1-3H3,(H,38,42)(H,39,43). The van der Waals surface area contributed by atoms with Crippen LogP contribution in [0.1, 0.15) is 68.5 Å². The zero-order chi connectivity index (χ0) is 30.1. The van der Waals surface area contributed by atoms with Gasteiger partial charge in [0.2, 0.25) is 5.91 Å². The highest BCUT2D eigenvalue weighted by Gasteiger charge is 2.42. The smallest absolute Gasteiger partial charge is 0.271 e. The van der Waals surface area contributed by atoms with Crippen molar-refractivity contribution in [3.05, 3.63) is 112 Å². The van der Waals surface area contributed by atoms with Gasteiger partial charge in [-0.05, 0) is 53.0 Å². The predicted molar refractivity (Wildman–Crippen MR) is 164 cm³/mol. The van der Waals surface area contributed by atoms with E-state index in [9.17, 15) is 14.4 Å². The predicted octanol–water partition coefficient (Wildman–Crippen LogP) is 3.48. The van der Waals surface area contributed by atoms with Gasteiger partial charge in [0.25, 0.3) is 11.8 Å². The van der Waals surface area contributed by atoms with Gasteiger partial charge in [0, 0.05) is 63.3 Å². The van der Waals surface area contributed by atoms with Gasteiger partial charge < -0.3 is 20.9 Å². The number of nitrogens with one attached hydrogen (secondary N) is 3. The molecule has 0 radical (unpaired) electrons. The fourth-order valence-corrected chi connectivity index (χ4v) is 6.17. The van der Waals surface area contributed by atoms with Crippen molar-refractivity contribution in [2.45, 2.75) is 52.4 Å². The molecule has 2 atom stereocenters. The lowest BCUT2D eigenvalue weighted by Gasteiger charge is -2.41. The first-order valence-corrected chi connectivity index (χ1v) is 14.8. The molecule has 0 saturated heterocycles. The summed E-state index contributed by atoms with van der Waals surface area (Å²) in [6, 6.07) is 15.3. The minimum Gasteiger partial charge on any atom is -0.338 e. The van der Waals surface area contributed by atoms with Crippen molar-refractivity contribution in [3.63, 3.8) is 0 Å². The van der Waals surface area contributed by atoms with Gasteiger partial charge in [-0.25, -0.2) is 9.97 Å². The van der Waals surface area contributed by atoms with Crippen LogP contribution in [0.25, 0.3) is 5.57 Å². The van der Waals surface area contributed by atoms with Gasteiger partial charge >= 0.3 is 0 Å². The first kappa shape index (κ1) is 28.5. The Hall–Kier alpha value is -4.63.